The number of piperazine rings is 1. The number of nitrogens with one attached hydrogen (secondary N) is 3. The van der Waals surface area contributed by atoms with Gasteiger partial charge in [0.2, 0.25) is 0 Å². The Hall–Kier alpha value is -4.03. The number of alkyl halides is 3. The van der Waals surface area contributed by atoms with E-state index in [9.17, 15) is 18.0 Å². The summed E-state index contributed by atoms with van der Waals surface area (Å²) in [5.41, 5.74) is 1.65. The molecule has 5 aromatic rings. The van der Waals surface area contributed by atoms with Gasteiger partial charge in [-0.05, 0) is 44.3 Å². The molecule has 0 spiro atoms. The molecule has 1 aliphatic rings. The molecule has 0 saturated carbocycles. The first-order valence-electron chi connectivity index (χ1n) is 13.1. The number of rotatable bonds is 5. The average Bonchev–Trinajstić information content (AvgIpc) is 3.35. The van der Waals surface area contributed by atoms with Gasteiger partial charge in [0.1, 0.15) is 11.4 Å². The molecule has 0 aliphatic carbocycles. The maximum atomic E-state index is 14.2. The second kappa shape index (κ2) is 11.1. The molecule has 214 valence electrons. The van der Waals surface area contributed by atoms with Gasteiger partial charge in [-0.1, -0.05) is 24.3 Å². The van der Waals surface area contributed by atoms with Crippen LogP contribution in [0.15, 0.2) is 65.6 Å². The number of H-pyrrole nitrogens is 2. The van der Waals surface area contributed by atoms with Gasteiger partial charge in [0.05, 0.1) is 45.2 Å². The highest BCUT2D eigenvalue weighted by Gasteiger charge is 2.36. The number of para-hydroxylation sites is 1. The Balaban J connectivity index is 0.00000337. The van der Waals surface area contributed by atoms with Crippen LogP contribution < -0.4 is 15.8 Å². The highest BCUT2D eigenvalue weighted by atomic mass is 32.1. The fourth-order valence-electron chi connectivity index (χ4n) is 5.24. The fraction of sp³-hybridized carbons (Fsp3) is 0.276. The number of halogens is 3. The third-order valence-corrected chi connectivity index (χ3v) is 7.40. The van der Waals surface area contributed by atoms with Crippen LogP contribution in [0.2, 0.25) is 0 Å². The lowest BCUT2D eigenvalue weighted by molar-refractivity contribution is -0.137. The lowest BCUT2D eigenvalue weighted by Gasteiger charge is -2.35. The van der Waals surface area contributed by atoms with Crippen molar-refractivity contribution in [2.24, 2.45) is 0 Å². The van der Waals surface area contributed by atoms with Gasteiger partial charge in [-0.25, -0.2) is 4.98 Å². The number of aromatic amines is 2. The predicted octanol–water partition coefficient (Wildman–Crippen LogP) is 5.52. The van der Waals surface area contributed by atoms with Gasteiger partial charge in [0.15, 0.2) is 0 Å². The number of hydrogen-bond donors (Lipinski definition) is 3. The summed E-state index contributed by atoms with van der Waals surface area (Å²) in [7, 11) is 1.95. The number of benzene rings is 2. The number of likely N-dealkylation sites (N-methyl/N-ethyl adjacent to an activating group) is 1. The Kier molecular flexibility index (Phi) is 7.71. The van der Waals surface area contributed by atoms with E-state index in [-0.39, 0.29) is 42.1 Å². The van der Waals surface area contributed by atoms with Crippen molar-refractivity contribution in [3.05, 3.63) is 82.4 Å². The van der Waals surface area contributed by atoms with E-state index in [1.807, 2.05) is 50.4 Å². The number of nitrogens with zero attached hydrogens (tertiary/aromatic N) is 4. The highest BCUT2D eigenvalue weighted by molar-refractivity contribution is 7.59. The van der Waals surface area contributed by atoms with Crippen molar-refractivity contribution in [3.8, 4) is 11.4 Å². The standard InChI is InChI=1S/C29H28F3N7O.H2S/c1-17(20-8-5-6-10-33-20)34-26-18-7-3-4-9-21(18)37-28(40)25(26)27-35-22-15-19(29(30,31)32)24(16-23(22)36-27)39-13-11-38(2)12-14-39;/h3-10,15-17H,11-14H2,1-2H3,(H,35,36)(H2,34,37,40);1H2/t17-;/m0./s1. The van der Waals surface area contributed by atoms with E-state index in [0.717, 1.165) is 17.1 Å². The molecule has 0 bridgehead atoms. The molecule has 0 amide bonds. The minimum atomic E-state index is -4.55. The minimum absolute atomic E-state index is 0. The molecule has 0 unspecified atom stereocenters. The monoisotopic (exact) mass is 581 g/mol. The van der Waals surface area contributed by atoms with Crippen LogP contribution in [0.4, 0.5) is 24.5 Å². The van der Waals surface area contributed by atoms with E-state index in [1.165, 1.54) is 6.07 Å². The van der Waals surface area contributed by atoms with E-state index in [0.29, 0.717) is 42.9 Å². The number of hydrogen-bond acceptors (Lipinski definition) is 6. The number of aromatic nitrogens is 4. The Morgan fingerprint density at radius 3 is 2.41 bits per heavy atom. The van der Waals surface area contributed by atoms with E-state index >= 15 is 0 Å². The number of anilines is 2. The summed E-state index contributed by atoms with van der Waals surface area (Å²) in [6.45, 7) is 4.21. The van der Waals surface area contributed by atoms with Crippen molar-refractivity contribution in [2.75, 3.05) is 43.4 Å². The Morgan fingerprint density at radius 1 is 0.976 bits per heavy atom. The van der Waals surface area contributed by atoms with Gasteiger partial charge in [-0.2, -0.15) is 26.7 Å². The van der Waals surface area contributed by atoms with Crippen molar-refractivity contribution in [1.82, 2.24) is 24.8 Å². The molecule has 1 fully saturated rings. The molecule has 3 aromatic heterocycles. The van der Waals surface area contributed by atoms with Crippen LogP contribution in [0.3, 0.4) is 0 Å². The molecule has 1 atom stereocenters. The summed E-state index contributed by atoms with van der Waals surface area (Å²) >= 11 is 0. The second-order valence-electron chi connectivity index (χ2n) is 10.1. The summed E-state index contributed by atoms with van der Waals surface area (Å²) in [6, 6.07) is 15.2. The largest absolute Gasteiger partial charge is 0.418 e. The van der Waals surface area contributed by atoms with Gasteiger partial charge in [-0.3, -0.25) is 9.78 Å². The van der Waals surface area contributed by atoms with Crippen LogP contribution >= 0.6 is 13.5 Å². The van der Waals surface area contributed by atoms with Crippen LogP contribution in [0, 0.1) is 0 Å². The topological polar surface area (TPSA) is 92.9 Å². The zero-order valence-corrected chi connectivity index (χ0v) is 23.5. The number of fused-ring (bicyclic) bond motifs is 2. The molecule has 12 heteroatoms. The molecule has 3 N–H and O–H groups in total. The minimum Gasteiger partial charge on any atom is -0.376 e. The van der Waals surface area contributed by atoms with Gasteiger partial charge in [-0.15, -0.1) is 0 Å². The SMILES string of the molecule is C[C@H](Nc1c(-c2nc3cc(N4CCN(C)CC4)c(C(F)(F)F)cc3[nH]2)c(=O)[nH]c2ccccc12)c1ccccn1.S. The van der Waals surface area contributed by atoms with Crippen LogP contribution in [0.5, 0.6) is 0 Å². The van der Waals surface area contributed by atoms with Crippen molar-refractivity contribution >= 4 is 46.8 Å². The number of pyridine rings is 2. The molecule has 6 rings (SSSR count). The van der Waals surface area contributed by atoms with Gasteiger partial charge in [0.25, 0.3) is 5.56 Å². The molecule has 8 nitrogen and oxygen atoms in total. The fourth-order valence-corrected chi connectivity index (χ4v) is 5.24. The molecule has 41 heavy (non-hydrogen) atoms. The van der Waals surface area contributed by atoms with Crippen molar-refractivity contribution in [2.45, 2.75) is 19.1 Å². The van der Waals surface area contributed by atoms with Crippen molar-refractivity contribution < 1.29 is 13.2 Å². The summed E-state index contributed by atoms with van der Waals surface area (Å²) in [4.78, 5) is 32.3. The molecule has 1 aliphatic heterocycles. The van der Waals surface area contributed by atoms with Gasteiger partial charge >= 0.3 is 6.18 Å². The zero-order chi connectivity index (χ0) is 28.0. The summed E-state index contributed by atoms with van der Waals surface area (Å²) in [5, 5.41) is 4.17. The third-order valence-electron chi connectivity index (χ3n) is 7.40. The Morgan fingerprint density at radius 2 is 1.71 bits per heavy atom. The number of imidazole rings is 1. The first kappa shape index (κ1) is 28.5. The van der Waals surface area contributed by atoms with E-state index in [2.05, 4.69) is 30.2 Å². The molecule has 0 radical (unpaired) electrons. The summed E-state index contributed by atoms with van der Waals surface area (Å²) in [5.74, 6) is 0.182. The lowest BCUT2D eigenvalue weighted by atomic mass is 10.1. The second-order valence-corrected chi connectivity index (χ2v) is 10.1. The summed E-state index contributed by atoms with van der Waals surface area (Å²) < 4.78 is 42.6. The first-order chi connectivity index (χ1) is 19.2. The molecule has 4 heterocycles. The molecular weight excluding hydrogens is 551 g/mol. The lowest BCUT2D eigenvalue weighted by Crippen LogP contribution is -2.45. The van der Waals surface area contributed by atoms with Crippen LogP contribution in [-0.2, 0) is 6.18 Å². The molecular formula is C29H30F3N7OS. The maximum Gasteiger partial charge on any atom is 0.418 e. The van der Waals surface area contributed by atoms with E-state index in [4.69, 9.17) is 0 Å². The summed E-state index contributed by atoms with van der Waals surface area (Å²) in [6.07, 6.45) is -2.86. The normalized spacial score (nSPS) is 15.2. The van der Waals surface area contributed by atoms with E-state index in [1.54, 1.807) is 17.2 Å². The maximum absolute atomic E-state index is 14.2. The molecule has 2 aromatic carbocycles. The Bertz CT molecular complexity index is 1750. The smallest absolute Gasteiger partial charge is 0.376 e. The van der Waals surface area contributed by atoms with Crippen LogP contribution in [0.1, 0.15) is 24.2 Å². The van der Waals surface area contributed by atoms with Crippen molar-refractivity contribution in [3.63, 3.8) is 0 Å². The average molecular weight is 582 g/mol. The first-order valence-corrected chi connectivity index (χ1v) is 13.1. The highest BCUT2D eigenvalue weighted by Crippen LogP contribution is 2.40. The van der Waals surface area contributed by atoms with Gasteiger partial charge < -0.3 is 25.1 Å². The van der Waals surface area contributed by atoms with Crippen molar-refractivity contribution in [1.29, 1.82) is 0 Å². The zero-order valence-electron chi connectivity index (χ0n) is 22.5. The third kappa shape index (κ3) is 5.49. The van der Waals surface area contributed by atoms with Crippen LogP contribution in [-0.4, -0.2) is 58.1 Å². The van der Waals surface area contributed by atoms with Gasteiger partial charge in [0, 0.05) is 37.8 Å². The quantitative estimate of drug-likeness (QED) is 0.253. The van der Waals surface area contributed by atoms with E-state index < -0.39 is 17.3 Å². The molecule has 1 saturated heterocycles. The Labute approximate surface area is 241 Å². The van der Waals surface area contributed by atoms with Crippen LogP contribution in [0.25, 0.3) is 33.3 Å². The predicted molar refractivity (Wildman–Crippen MR) is 161 cm³/mol.